The molecule has 34 heavy (non-hydrogen) atoms. The SMILES string of the molecule is CN1CCN=C1c1ccc(NC(=O)C(c2ccc(Br)cc2)N(C(N)=O)c2ccc(Cl)cc2)cc1. The molecule has 0 bridgehead atoms. The lowest BCUT2D eigenvalue weighted by molar-refractivity contribution is -0.117. The molecule has 7 nitrogen and oxygen atoms in total. The van der Waals surface area contributed by atoms with Crippen molar-refractivity contribution in [1.82, 2.24) is 4.90 Å². The second-order valence-corrected chi connectivity index (χ2v) is 9.18. The number of aliphatic imine (C=N–C) groups is 1. The largest absolute Gasteiger partial charge is 0.358 e. The molecule has 1 aliphatic rings. The number of urea groups is 1. The van der Waals surface area contributed by atoms with Gasteiger partial charge in [0.15, 0.2) is 0 Å². The summed E-state index contributed by atoms with van der Waals surface area (Å²) >= 11 is 9.43. The van der Waals surface area contributed by atoms with Crippen LogP contribution in [0.3, 0.4) is 0 Å². The van der Waals surface area contributed by atoms with Crippen LogP contribution in [0.4, 0.5) is 16.2 Å². The number of primary amides is 1. The molecule has 3 aromatic carbocycles. The number of likely N-dealkylation sites (N-methyl/N-ethyl adjacent to an activating group) is 1. The van der Waals surface area contributed by atoms with Crippen molar-refractivity contribution in [3.63, 3.8) is 0 Å². The molecule has 9 heteroatoms. The third kappa shape index (κ3) is 5.24. The zero-order valence-corrected chi connectivity index (χ0v) is 20.8. The van der Waals surface area contributed by atoms with E-state index in [0.29, 0.717) is 22.0 Å². The van der Waals surface area contributed by atoms with Gasteiger partial charge in [-0.3, -0.25) is 14.7 Å². The van der Waals surface area contributed by atoms with Gasteiger partial charge in [0.05, 0.1) is 6.54 Å². The van der Waals surface area contributed by atoms with Crippen LogP contribution < -0.4 is 16.0 Å². The number of anilines is 2. The van der Waals surface area contributed by atoms with Crippen LogP contribution in [0.2, 0.25) is 5.02 Å². The molecule has 3 N–H and O–H groups in total. The smallest absolute Gasteiger partial charge is 0.320 e. The maximum Gasteiger partial charge on any atom is 0.320 e. The van der Waals surface area contributed by atoms with Crippen molar-refractivity contribution in [2.24, 2.45) is 10.7 Å². The number of nitrogens with one attached hydrogen (secondary N) is 1. The van der Waals surface area contributed by atoms with E-state index in [1.54, 1.807) is 36.4 Å². The lowest BCUT2D eigenvalue weighted by atomic mass is 10.0. The molecular formula is C25H23BrClN5O2. The third-order valence-corrected chi connectivity index (χ3v) is 6.28. The quantitative estimate of drug-likeness (QED) is 0.458. The van der Waals surface area contributed by atoms with Crippen LogP contribution in [0.15, 0.2) is 82.3 Å². The number of nitrogens with zero attached hydrogens (tertiary/aromatic N) is 3. The van der Waals surface area contributed by atoms with Crippen LogP contribution in [0, 0.1) is 0 Å². The fraction of sp³-hybridized carbons (Fsp3) is 0.160. The number of nitrogens with two attached hydrogens (primary N) is 1. The van der Waals surface area contributed by atoms with Gasteiger partial charge in [0.2, 0.25) is 0 Å². The first kappa shape index (κ1) is 23.8. The van der Waals surface area contributed by atoms with E-state index in [9.17, 15) is 9.59 Å². The standard InChI is InChI=1S/C25H23BrClN5O2/c1-31-15-14-29-23(31)17-4-10-20(11-5-17)30-24(33)22(16-2-6-18(26)7-3-16)32(25(28)34)21-12-8-19(27)9-13-21/h2-13,22H,14-15H2,1H3,(H2,28,34)(H,30,33). The van der Waals surface area contributed by atoms with Crippen molar-refractivity contribution < 1.29 is 9.59 Å². The van der Waals surface area contributed by atoms with Gasteiger partial charge in [0.1, 0.15) is 11.9 Å². The van der Waals surface area contributed by atoms with E-state index < -0.39 is 18.0 Å². The van der Waals surface area contributed by atoms with E-state index in [0.717, 1.165) is 29.0 Å². The number of hydrogen-bond acceptors (Lipinski definition) is 4. The topological polar surface area (TPSA) is 91.0 Å². The maximum absolute atomic E-state index is 13.5. The molecule has 0 spiro atoms. The summed E-state index contributed by atoms with van der Waals surface area (Å²) in [6.07, 6.45) is 0. The molecule has 1 aliphatic heterocycles. The van der Waals surface area contributed by atoms with Crippen molar-refractivity contribution in [1.29, 1.82) is 0 Å². The Labute approximate surface area is 211 Å². The number of carbonyl (C=O) groups is 2. The van der Waals surface area contributed by atoms with Crippen molar-refractivity contribution in [2.45, 2.75) is 6.04 Å². The second kappa shape index (κ2) is 10.3. The lowest BCUT2D eigenvalue weighted by Gasteiger charge is -2.30. The van der Waals surface area contributed by atoms with Gasteiger partial charge >= 0.3 is 6.03 Å². The van der Waals surface area contributed by atoms with Gasteiger partial charge < -0.3 is 16.0 Å². The molecule has 4 rings (SSSR count). The number of amides is 3. The van der Waals surface area contributed by atoms with Crippen molar-refractivity contribution in [2.75, 3.05) is 30.4 Å². The fourth-order valence-electron chi connectivity index (χ4n) is 3.83. The molecule has 0 saturated heterocycles. The average Bonchev–Trinajstić information content (AvgIpc) is 3.25. The number of carbonyl (C=O) groups excluding carboxylic acids is 2. The predicted molar refractivity (Wildman–Crippen MR) is 140 cm³/mol. The molecule has 0 aliphatic carbocycles. The molecule has 0 aromatic heterocycles. The van der Waals surface area contributed by atoms with Gasteiger partial charge in [-0.05, 0) is 66.2 Å². The summed E-state index contributed by atoms with van der Waals surface area (Å²) in [6.45, 7) is 1.66. The summed E-state index contributed by atoms with van der Waals surface area (Å²) in [4.78, 5) is 34.0. The van der Waals surface area contributed by atoms with E-state index in [4.69, 9.17) is 17.3 Å². The first-order chi connectivity index (χ1) is 16.3. The van der Waals surface area contributed by atoms with Gasteiger partial charge in [-0.2, -0.15) is 0 Å². The van der Waals surface area contributed by atoms with E-state index in [1.165, 1.54) is 4.90 Å². The minimum atomic E-state index is -1.00. The summed E-state index contributed by atoms with van der Waals surface area (Å²) in [5.74, 6) is 0.521. The summed E-state index contributed by atoms with van der Waals surface area (Å²) in [7, 11) is 2.00. The van der Waals surface area contributed by atoms with Crippen molar-refractivity contribution in [3.05, 3.63) is 93.4 Å². The predicted octanol–water partition coefficient (Wildman–Crippen LogP) is 5.06. The maximum atomic E-state index is 13.5. The van der Waals surface area contributed by atoms with Crippen LogP contribution >= 0.6 is 27.5 Å². The average molecular weight is 541 g/mol. The van der Waals surface area contributed by atoms with E-state index in [2.05, 4.69) is 31.1 Å². The monoisotopic (exact) mass is 539 g/mol. The summed E-state index contributed by atoms with van der Waals surface area (Å²) in [5.41, 5.74) is 8.39. The zero-order chi connectivity index (χ0) is 24.2. The number of halogens is 2. The highest BCUT2D eigenvalue weighted by Gasteiger charge is 2.32. The molecular weight excluding hydrogens is 518 g/mol. The van der Waals surface area contributed by atoms with Crippen LogP contribution in [-0.4, -0.2) is 42.8 Å². The molecule has 1 atom stereocenters. The van der Waals surface area contributed by atoms with Crippen molar-refractivity contribution in [3.8, 4) is 0 Å². The number of benzene rings is 3. The van der Waals surface area contributed by atoms with Crippen LogP contribution in [0.5, 0.6) is 0 Å². The van der Waals surface area contributed by atoms with E-state index in [-0.39, 0.29) is 0 Å². The van der Waals surface area contributed by atoms with Crippen LogP contribution in [0.1, 0.15) is 17.2 Å². The van der Waals surface area contributed by atoms with E-state index in [1.807, 2.05) is 43.4 Å². The molecule has 3 amide bonds. The Hall–Kier alpha value is -3.36. The van der Waals surface area contributed by atoms with Gasteiger partial charge in [-0.1, -0.05) is 39.7 Å². The number of rotatable bonds is 6. The molecule has 174 valence electrons. The fourth-order valence-corrected chi connectivity index (χ4v) is 4.22. The van der Waals surface area contributed by atoms with E-state index >= 15 is 0 Å². The first-order valence-corrected chi connectivity index (χ1v) is 11.8. The highest BCUT2D eigenvalue weighted by atomic mass is 79.9. The van der Waals surface area contributed by atoms with Crippen molar-refractivity contribution >= 4 is 56.7 Å². The Morgan fingerprint density at radius 3 is 2.26 bits per heavy atom. The Bertz CT molecular complexity index is 1210. The third-order valence-electron chi connectivity index (χ3n) is 5.50. The molecule has 0 radical (unpaired) electrons. The number of amidine groups is 1. The highest BCUT2D eigenvalue weighted by Crippen LogP contribution is 2.30. The summed E-state index contributed by atoms with van der Waals surface area (Å²) < 4.78 is 0.850. The molecule has 1 heterocycles. The van der Waals surface area contributed by atoms with Gasteiger partial charge in [-0.15, -0.1) is 0 Å². The van der Waals surface area contributed by atoms with Gasteiger partial charge in [-0.25, -0.2) is 4.79 Å². The van der Waals surface area contributed by atoms with Crippen LogP contribution in [-0.2, 0) is 4.79 Å². The van der Waals surface area contributed by atoms with Gasteiger partial charge in [0.25, 0.3) is 5.91 Å². The summed E-state index contributed by atoms with van der Waals surface area (Å²) in [5, 5.41) is 3.43. The minimum absolute atomic E-state index is 0.404. The van der Waals surface area contributed by atoms with Gasteiger partial charge in [0, 0.05) is 40.0 Å². The minimum Gasteiger partial charge on any atom is -0.358 e. The Kier molecular flexibility index (Phi) is 7.19. The highest BCUT2D eigenvalue weighted by molar-refractivity contribution is 9.10. The zero-order valence-electron chi connectivity index (χ0n) is 18.4. The molecule has 3 aromatic rings. The lowest BCUT2D eigenvalue weighted by Crippen LogP contribution is -2.44. The second-order valence-electron chi connectivity index (χ2n) is 7.83. The van der Waals surface area contributed by atoms with Crippen LogP contribution in [0.25, 0.3) is 0 Å². The molecule has 1 unspecified atom stereocenters. The molecule has 0 fully saturated rings. The first-order valence-electron chi connectivity index (χ1n) is 10.6. The summed E-state index contributed by atoms with van der Waals surface area (Å²) in [6, 6.07) is 19.5. The Morgan fingerprint density at radius 2 is 1.71 bits per heavy atom. The Morgan fingerprint density at radius 1 is 1.06 bits per heavy atom. The molecule has 0 saturated carbocycles. The number of hydrogen-bond donors (Lipinski definition) is 2. The Balaban J connectivity index is 1.65. The normalized spacial score (nSPS) is 13.9.